The van der Waals surface area contributed by atoms with E-state index in [9.17, 15) is 28.8 Å². The Morgan fingerprint density at radius 3 is 0.882 bits per heavy atom. The molecule has 0 atom stereocenters. The van der Waals surface area contributed by atoms with Crippen LogP contribution in [-0.2, 0) is 9.59 Å². The van der Waals surface area contributed by atoms with Crippen molar-refractivity contribution in [3.63, 3.8) is 0 Å². The first kappa shape index (κ1) is 25.1. The van der Waals surface area contributed by atoms with Gasteiger partial charge >= 0.3 is 0 Å². The number of ketones is 6. The maximum atomic E-state index is 12.1. The molecule has 0 amide bonds. The number of hydrogen-bond donors (Lipinski definition) is 0. The molecule has 6 heteroatoms. The summed E-state index contributed by atoms with van der Waals surface area (Å²) in [6, 6.07) is 13.2. The topological polar surface area (TPSA) is 102 Å². The Kier molecular flexibility index (Phi) is 6.40. The molecule has 0 heterocycles. The number of rotatable bonds is 2. The monoisotopic (exact) mass is 460 g/mol. The standard InChI is InChI=1S/2C14H14O3/c2*1-14(2,3)13(17)10-11(15)8-6-4-5-7-9(8)12(10)16/h2*4-7,10H,1-3H3. The zero-order valence-corrected chi connectivity index (χ0v) is 20.2. The molecule has 0 radical (unpaired) electrons. The third-order valence-electron chi connectivity index (χ3n) is 5.97. The van der Waals surface area contributed by atoms with E-state index in [1.165, 1.54) is 0 Å². The normalized spacial score (nSPS) is 16.2. The number of carbonyl (C=O) groups excluding carboxylic acids is 6. The molecular formula is C28H28O6. The van der Waals surface area contributed by atoms with Crippen molar-refractivity contribution >= 4 is 34.7 Å². The quantitative estimate of drug-likeness (QED) is 0.607. The summed E-state index contributed by atoms with van der Waals surface area (Å²) < 4.78 is 0. The molecule has 0 spiro atoms. The lowest BCUT2D eigenvalue weighted by molar-refractivity contribution is -0.128. The van der Waals surface area contributed by atoms with Crippen LogP contribution in [0.4, 0.5) is 0 Å². The largest absolute Gasteiger partial charge is 0.298 e. The van der Waals surface area contributed by atoms with E-state index >= 15 is 0 Å². The molecule has 0 aromatic heterocycles. The number of hydrogen-bond acceptors (Lipinski definition) is 6. The average Bonchev–Trinajstić information content (AvgIpc) is 3.17. The first-order chi connectivity index (χ1) is 15.7. The van der Waals surface area contributed by atoms with Crippen LogP contribution in [0.3, 0.4) is 0 Å². The summed E-state index contributed by atoms with van der Waals surface area (Å²) in [5, 5.41) is 0. The Bertz CT molecular complexity index is 1070. The van der Waals surface area contributed by atoms with Crippen LogP contribution in [0.2, 0.25) is 0 Å². The van der Waals surface area contributed by atoms with Gasteiger partial charge in [0.1, 0.15) is 11.8 Å². The summed E-state index contributed by atoms with van der Waals surface area (Å²) in [5.74, 6) is -4.29. The molecule has 2 aliphatic rings. The van der Waals surface area contributed by atoms with E-state index in [0.717, 1.165) is 0 Å². The van der Waals surface area contributed by atoms with Gasteiger partial charge in [-0.1, -0.05) is 90.1 Å². The minimum atomic E-state index is -1.13. The molecule has 2 aromatic carbocycles. The van der Waals surface area contributed by atoms with E-state index in [4.69, 9.17) is 0 Å². The molecule has 0 aliphatic heterocycles. The molecule has 0 saturated carbocycles. The van der Waals surface area contributed by atoms with Crippen molar-refractivity contribution in [2.24, 2.45) is 22.7 Å². The van der Waals surface area contributed by atoms with Crippen LogP contribution in [0.1, 0.15) is 83.0 Å². The van der Waals surface area contributed by atoms with Gasteiger partial charge in [0.2, 0.25) is 0 Å². The van der Waals surface area contributed by atoms with Crippen LogP contribution in [0, 0.1) is 22.7 Å². The van der Waals surface area contributed by atoms with E-state index in [1.54, 1.807) is 90.1 Å². The van der Waals surface area contributed by atoms with Crippen molar-refractivity contribution in [2.75, 3.05) is 0 Å². The Morgan fingerprint density at radius 1 is 0.500 bits per heavy atom. The second-order valence-electron chi connectivity index (χ2n) is 10.6. The summed E-state index contributed by atoms with van der Waals surface area (Å²) >= 11 is 0. The molecule has 0 saturated heterocycles. The van der Waals surface area contributed by atoms with Crippen molar-refractivity contribution in [1.82, 2.24) is 0 Å². The van der Waals surface area contributed by atoms with Gasteiger partial charge in [-0.05, 0) is 0 Å². The van der Waals surface area contributed by atoms with E-state index in [0.29, 0.717) is 22.3 Å². The molecule has 34 heavy (non-hydrogen) atoms. The van der Waals surface area contributed by atoms with Gasteiger partial charge in [0, 0.05) is 33.1 Å². The van der Waals surface area contributed by atoms with Gasteiger partial charge in [-0.2, -0.15) is 0 Å². The SMILES string of the molecule is CC(C)(C)C(=O)C1C(=O)c2ccccc2C1=O.CC(C)(C)C(=O)C1C(=O)c2ccccc2C1=O. The first-order valence-corrected chi connectivity index (χ1v) is 11.1. The van der Waals surface area contributed by atoms with Crippen LogP contribution in [0.15, 0.2) is 48.5 Å². The molecule has 0 N–H and O–H groups in total. The van der Waals surface area contributed by atoms with Gasteiger partial charge in [0.15, 0.2) is 34.7 Å². The van der Waals surface area contributed by atoms with Crippen LogP contribution in [-0.4, -0.2) is 34.7 Å². The Hall–Kier alpha value is -3.54. The zero-order valence-electron chi connectivity index (χ0n) is 20.2. The summed E-state index contributed by atoms with van der Waals surface area (Å²) in [5.41, 5.74) is 0.135. The predicted molar refractivity (Wildman–Crippen MR) is 126 cm³/mol. The average molecular weight is 461 g/mol. The first-order valence-electron chi connectivity index (χ1n) is 11.1. The van der Waals surface area contributed by atoms with E-state index in [2.05, 4.69) is 0 Å². The van der Waals surface area contributed by atoms with Crippen molar-refractivity contribution in [3.05, 3.63) is 70.8 Å². The number of carbonyl (C=O) groups is 6. The van der Waals surface area contributed by atoms with Crippen molar-refractivity contribution in [2.45, 2.75) is 41.5 Å². The fourth-order valence-corrected chi connectivity index (χ4v) is 4.03. The highest BCUT2D eigenvalue weighted by molar-refractivity contribution is 6.36. The Balaban J connectivity index is 0.000000191. The lowest BCUT2D eigenvalue weighted by Gasteiger charge is -2.19. The molecule has 0 unspecified atom stereocenters. The Morgan fingerprint density at radius 2 is 0.706 bits per heavy atom. The van der Waals surface area contributed by atoms with Gasteiger partial charge in [0.05, 0.1) is 0 Å². The number of fused-ring (bicyclic) bond motifs is 2. The lowest BCUT2D eigenvalue weighted by atomic mass is 9.81. The highest BCUT2D eigenvalue weighted by Gasteiger charge is 2.47. The van der Waals surface area contributed by atoms with E-state index in [-0.39, 0.29) is 34.7 Å². The summed E-state index contributed by atoms with van der Waals surface area (Å²) in [6.45, 7) is 10.3. The third-order valence-corrected chi connectivity index (χ3v) is 5.97. The third kappa shape index (κ3) is 4.32. The molecular weight excluding hydrogens is 432 g/mol. The van der Waals surface area contributed by atoms with Gasteiger partial charge in [-0.25, -0.2) is 0 Å². The fourth-order valence-electron chi connectivity index (χ4n) is 4.03. The zero-order chi connectivity index (χ0) is 25.6. The fraction of sp³-hybridized carbons (Fsp3) is 0.357. The maximum Gasteiger partial charge on any atom is 0.181 e. The minimum Gasteiger partial charge on any atom is -0.298 e. The number of benzene rings is 2. The predicted octanol–water partition coefficient (Wildman–Crippen LogP) is 4.59. The molecule has 2 aliphatic carbocycles. The molecule has 4 rings (SSSR count). The second-order valence-corrected chi connectivity index (χ2v) is 10.6. The molecule has 176 valence electrons. The van der Waals surface area contributed by atoms with Gasteiger partial charge < -0.3 is 0 Å². The maximum absolute atomic E-state index is 12.1. The highest BCUT2D eigenvalue weighted by Crippen LogP contribution is 2.33. The molecule has 0 fully saturated rings. The van der Waals surface area contributed by atoms with Crippen molar-refractivity contribution in [1.29, 1.82) is 0 Å². The summed E-state index contributed by atoms with van der Waals surface area (Å²) in [7, 11) is 0. The van der Waals surface area contributed by atoms with E-state index in [1.807, 2.05) is 0 Å². The summed E-state index contributed by atoms with van der Waals surface area (Å²) in [6.07, 6.45) is 0. The molecule has 6 nitrogen and oxygen atoms in total. The smallest absolute Gasteiger partial charge is 0.181 e. The van der Waals surface area contributed by atoms with Crippen molar-refractivity contribution < 1.29 is 28.8 Å². The minimum absolute atomic E-state index is 0.302. The van der Waals surface area contributed by atoms with Crippen LogP contribution in [0.25, 0.3) is 0 Å². The van der Waals surface area contributed by atoms with Crippen LogP contribution in [0.5, 0.6) is 0 Å². The van der Waals surface area contributed by atoms with Crippen LogP contribution >= 0.6 is 0 Å². The molecule has 2 aromatic rings. The van der Waals surface area contributed by atoms with Gasteiger partial charge in [0.25, 0.3) is 0 Å². The second kappa shape index (κ2) is 8.67. The lowest BCUT2D eigenvalue weighted by Crippen LogP contribution is -2.34. The van der Waals surface area contributed by atoms with E-state index < -0.39 is 22.7 Å². The Labute approximate surface area is 198 Å². The molecule has 0 bridgehead atoms. The van der Waals surface area contributed by atoms with Gasteiger partial charge in [-0.3, -0.25) is 28.8 Å². The van der Waals surface area contributed by atoms with Gasteiger partial charge in [-0.15, -0.1) is 0 Å². The van der Waals surface area contributed by atoms with Crippen LogP contribution < -0.4 is 0 Å². The van der Waals surface area contributed by atoms with Crippen molar-refractivity contribution in [3.8, 4) is 0 Å². The highest BCUT2D eigenvalue weighted by atomic mass is 16.2. The summed E-state index contributed by atoms with van der Waals surface area (Å²) in [4.78, 5) is 72.4. The number of Topliss-reactive ketones (excluding diaryl/α,β-unsaturated/α-hetero) is 6.